The molecule has 2 heterocycles. The lowest BCUT2D eigenvalue weighted by Crippen LogP contribution is -2.28. The Kier molecular flexibility index (Phi) is 5.34. The highest BCUT2D eigenvalue weighted by molar-refractivity contribution is 5.90. The van der Waals surface area contributed by atoms with Gasteiger partial charge in [0.05, 0.1) is 24.5 Å². The number of carbonyl (C=O) groups is 1. The van der Waals surface area contributed by atoms with Crippen LogP contribution in [-0.4, -0.2) is 28.5 Å². The van der Waals surface area contributed by atoms with Gasteiger partial charge in [-0.25, -0.2) is 4.79 Å². The van der Waals surface area contributed by atoms with E-state index in [1.807, 2.05) is 35.1 Å². The van der Waals surface area contributed by atoms with Gasteiger partial charge < -0.3 is 15.4 Å². The number of nitrogens with one attached hydrogen (secondary N) is 2. The van der Waals surface area contributed by atoms with Crippen LogP contribution >= 0.6 is 0 Å². The van der Waals surface area contributed by atoms with Gasteiger partial charge in [-0.05, 0) is 35.6 Å². The number of benzene rings is 2. The molecule has 1 fully saturated rings. The Hall–Kier alpha value is -2.86. The van der Waals surface area contributed by atoms with E-state index in [4.69, 9.17) is 4.74 Å². The van der Waals surface area contributed by atoms with Gasteiger partial charge in [0, 0.05) is 19.3 Å². The summed E-state index contributed by atoms with van der Waals surface area (Å²) in [6.45, 7) is 2.02. The minimum absolute atomic E-state index is 0.215. The molecule has 4 rings (SSSR count). The Labute approximate surface area is 158 Å². The monoisotopic (exact) mass is 364 g/mol. The predicted octanol–water partition coefficient (Wildman–Crippen LogP) is 3.93. The molecule has 6 nitrogen and oxygen atoms in total. The molecule has 140 valence electrons. The van der Waals surface area contributed by atoms with Crippen LogP contribution in [0.2, 0.25) is 0 Å². The molecule has 2 aromatic carbocycles. The van der Waals surface area contributed by atoms with E-state index < -0.39 is 0 Å². The van der Waals surface area contributed by atoms with Gasteiger partial charge in [0.1, 0.15) is 0 Å². The standard InChI is InChI=1S/C21H24N4O2/c26-21(22-12-17-8-5-7-16-6-1-2-10-20(16)17)24-18-13-23-25(14-18)15-19-9-3-4-11-27-19/h1-2,5-8,10,13-14,19H,3-4,9,11-12,15H2,(H2,22,24,26)/t19-/m1/s1. The molecule has 1 aromatic heterocycles. The second kappa shape index (κ2) is 8.22. The van der Waals surface area contributed by atoms with E-state index in [1.54, 1.807) is 6.20 Å². The highest BCUT2D eigenvalue weighted by Gasteiger charge is 2.15. The Morgan fingerprint density at radius 2 is 2.07 bits per heavy atom. The Morgan fingerprint density at radius 3 is 2.96 bits per heavy atom. The van der Waals surface area contributed by atoms with Crippen LogP contribution in [0.25, 0.3) is 10.8 Å². The molecule has 3 aromatic rings. The number of rotatable bonds is 5. The highest BCUT2D eigenvalue weighted by Crippen LogP contribution is 2.18. The smallest absolute Gasteiger partial charge is 0.319 e. The van der Waals surface area contributed by atoms with Crippen molar-refractivity contribution in [1.29, 1.82) is 0 Å². The molecule has 6 heteroatoms. The summed E-state index contributed by atoms with van der Waals surface area (Å²) in [6, 6.07) is 14.0. The van der Waals surface area contributed by atoms with Crippen LogP contribution in [0.1, 0.15) is 24.8 Å². The minimum atomic E-state index is -0.239. The lowest BCUT2D eigenvalue weighted by atomic mass is 10.0. The van der Waals surface area contributed by atoms with Crippen LogP contribution < -0.4 is 10.6 Å². The van der Waals surface area contributed by atoms with E-state index in [-0.39, 0.29) is 12.1 Å². The van der Waals surface area contributed by atoms with Crippen LogP contribution in [-0.2, 0) is 17.8 Å². The number of anilines is 1. The van der Waals surface area contributed by atoms with Crippen molar-refractivity contribution in [2.75, 3.05) is 11.9 Å². The van der Waals surface area contributed by atoms with E-state index in [0.717, 1.165) is 36.9 Å². The first kappa shape index (κ1) is 17.5. The van der Waals surface area contributed by atoms with Crippen molar-refractivity contribution in [3.63, 3.8) is 0 Å². The SMILES string of the molecule is O=C(NCc1cccc2ccccc12)Nc1cnn(C[C@H]2CCCCO2)c1. The van der Waals surface area contributed by atoms with Crippen molar-refractivity contribution in [2.24, 2.45) is 0 Å². The summed E-state index contributed by atoms with van der Waals surface area (Å²) in [5, 5.41) is 12.4. The molecule has 0 aliphatic carbocycles. The summed E-state index contributed by atoms with van der Waals surface area (Å²) in [7, 11) is 0. The predicted molar refractivity (Wildman–Crippen MR) is 106 cm³/mol. The lowest BCUT2D eigenvalue weighted by Gasteiger charge is -2.22. The van der Waals surface area contributed by atoms with Crippen LogP contribution in [0.15, 0.2) is 54.9 Å². The molecule has 2 N–H and O–H groups in total. The van der Waals surface area contributed by atoms with Crippen molar-refractivity contribution in [2.45, 2.75) is 38.5 Å². The zero-order valence-electron chi connectivity index (χ0n) is 15.2. The van der Waals surface area contributed by atoms with Gasteiger partial charge in [-0.2, -0.15) is 5.10 Å². The normalized spacial score (nSPS) is 17.0. The Balaban J connectivity index is 1.31. The van der Waals surface area contributed by atoms with Gasteiger partial charge >= 0.3 is 6.03 Å². The van der Waals surface area contributed by atoms with E-state index in [9.17, 15) is 4.79 Å². The van der Waals surface area contributed by atoms with E-state index in [2.05, 4.69) is 33.9 Å². The molecule has 0 saturated carbocycles. The van der Waals surface area contributed by atoms with Crippen molar-refractivity contribution >= 4 is 22.5 Å². The maximum Gasteiger partial charge on any atom is 0.319 e. The van der Waals surface area contributed by atoms with Gasteiger partial charge in [-0.1, -0.05) is 42.5 Å². The van der Waals surface area contributed by atoms with Crippen LogP contribution in [0.5, 0.6) is 0 Å². The maximum absolute atomic E-state index is 12.2. The second-order valence-electron chi connectivity index (χ2n) is 6.89. The first-order chi connectivity index (χ1) is 13.3. The maximum atomic E-state index is 12.2. The summed E-state index contributed by atoms with van der Waals surface area (Å²) in [5.41, 5.74) is 1.77. The third kappa shape index (κ3) is 4.46. The fourth-order valence-corrected chi connectivity index (χ4v) is 3.49. The number of fused-ring (bicyclic) bond motifs is 1. The van der Waals surface area contributed by atoms with E-state index >= 15 is 0 Å². The average Bonchev–Trinajstić information content (AvgIpc) is 3.13. The number of urea groups is 1. The number of nitrogens with zero attached hydrogens (tertiary/aromatic N) is 2. The van der Waals surface area contributed by atoms with Gasteiger partial charge in [-0.15, -0.1) is 0 Å². The topological polar surface area (TPSA) is 68.2 Å². The molecule has 0 spiro atoms. The van der Waals surface area contributed by atoms with Gasteiger partial charge in [-0.3, -0.25) is 4.68 Å². The number of hydrogen-bond donors (Lipinski definition) is 2. The number of hydrogen-bond acceptors (Lipinski definition) is 3. The van der Waals surface area contributed by atoms with Gasteiger partial charge in [0.25, 0.3) is 0 Å². The molecule has 1 atom stereocenters. The molecule has 0 bridgehead atoms. The first-order valence-corrected chi connectivity index (χ1v) is 9.43. The largest absolute Gasteiger partial charge is 0.376 e. The van der Waals surface area contributed by atoms with Crippen molar-refractivity contribution in [1.82, 2.24) is 15.1 Å². The van der Waals surface area contributed by atoms with Crippen molar-refractivity contribution < 1.29 is 9.53 Å². The van der Waals surface area contributed by atoms with Gasteiger partial charge in [0.15, 0.2) is 0 Å². The minimum Gasteiger partial charge on any atom is -0.376 e. The zero-order valence-corrected chi connectivity index (χ0v) is 15.2. The number of aromatic nitrogens is 2. The molecule has 1 aliphatic rings. The third-order valence-corrected chi connectivity index (χ3v) is 4.88. The fourth-order valence-electron chi connectivity index (χ4n) is 3.49. The molecular formula is C21H24N4O2. The number of ether oxygens (including phenoxy) is 1. The number of carbonyl (C=O) groups excluding carboxylic acids is 1. The Morgan fingerprint density at radius 1 is 1.19 bits per heavy atom. The zero-order chi connectivity index (χ0) is 18.5. The molecule has 1 saturated heterocycles. The average molecular weight is 364 g/mol. The molecule has 0 unspecified atom stereocenters. The Bertz CT molecular complexity index is 910. The molecule has 27 heavy (non-hydrogen) atoms. The number of amides is 2. The fraction of sp³-hybridized carbons (Fsp3) is 0.333. The summed E-state index contributed by atoms with van der Waals surface area (Å²) < 4.78 is 7.56. The van der Waals surface area contributed by atoms with Crippen molar-refractivity contribution in [3.05, 3.63) is 60.4 Å². The van der Waals surface area contributed by atoms with Crippen LogP contribution in [0.4, 0.5) is 10.5 Å². The third-order valence-electron chi connectivity index (χ3n) is 4.88. The van der Waals surface area contributed by atoms with E-state index in [1.165, 1.54) is 11.8 Å². The molecule has 1 aliphatic heterocycles. The summed E-state index contributed by atoms with van der Waals surface area (Å²) >= 11 is 0. The molecular weight excluding hydrogens is 340 g/mol. The van der Waals surface area contributed by atoms with Crippen LogP contribution in [0.3, 0.4) is 0 Å². The highest BCUT2D eigenvalue weighted by atomic mass is 16.5. The van der Waals surface area contributed by atoms with Crippen molar-refractivity contribution in [3.8, 4) is 0 Å². The summed E-state index contributed by atoms with van der Waals surface area (Å²) in [5.74, 6) is 0. The summed E-state index contributed by atoms with van der Waals surface area (Å²) in [4.78, 5) is 12.2. The second-order valence-corrected chi connectivity index (χ2v) is 6.89. The van der Waals surface area contributed by atoms with Crippen LogP contribution in [0, 0.1) is 0 Å². The molecule has 0 radical (unpaired) electrons. The first-order valence-electron chi connectivity index (χ1n) is 9.43. The quantitative estimate of drug-likeness (QED) is 0.721. The van der Waals surface area contributed by atoms with Gasteiger partial charge in [0.2, 0.25) is 0 Å². The summed E-state index contributed by atoms with van der Waals surface area (Å²) in [6.07, 6.45) is 7.13. The molecule has 2 amide bonds. The van der Waals surface area contributed by atoms with E-state index in [0.29, 0.717) is 12.2 Å². The lowest BCUT2D eigenvalue weighted by molar-refractivity contribution is 0.00401.